The molecule has 0 fully saturated rings. The number of aromatic nitrogens is 3. The molecule has 1 aromatic heterocycles. The first-order valence-corrected chi connectivity index (χ1v) is 5.35. The maximum atomic E-state index is 10.2. The van der Waals surface area contributed by atoms with E-state index >= 15 is 0 Å². The number of carbonyl (C=O) groups is 1. The van der Waals surface area contributed by atoms with Crippen LogP contribution in [0.3, 0.4) is 0 Å². The Morgan fingerprint density at radius 2 is 1.93 bits per heavy atom. The van der Waals surface area contributed by atoms with Crippen LogP contribution in [0.25, 0.3) is 0 Å². The molecule has 0 atom stereocenters. The highest BCUT2D eigenvalue weighted by Crippen LogP contribution is 2.06. The Morgan fingerprint density at radius 1 is 1.20 bits per heavy atom. The van der Waals surface area contributed by atoms with Gasteiger partial charge in [0.25, 0.3) is 0 Å². The Kier molecular flexibility index (Phi) is 5.43. The number of aryl methyl sites for hydroxylation is 1. The summed E-state index contributed by atoms with van der Waals surface area (Å²) in [7, 11) is 0. The summed E-state index contributed by atoms with van der Waals surface area (Å²) < 4.78 is 1.82. The second kappa shape index (κ2) is 6.98. The van der Waals surface area contributed by atoms with E-state index in [0.717, 1.165) is 38.6 Å². The zero-order chi connectivity index (χ0) is 10.9. The monoisotopic (exact) mass is 211 g/mol. The smallest absolute Gasteiger partial charge is 0.303 e. The third-order valence-electron chi connectivity index (χ3n) is 2.25. The van der Waals surface area contributed by atoms with E-state index in [1.165, 1.54) is 0 Å². The van der Waals surface area contributed by atoms with E-state index in [2.05, 4.69) is 10.3 Å². The molecule has 0 unspecified atom stereocenters. The van der Waals surface area contributed by atoms with Gasteiger partial charge in [-0.25, -0.2) is 0 Å². The summed E-state index contributed by atoms with van der Waals surface area (Å²) in [4.78, 5) is 10.2. The first-order valence-electron chi connectivity index (χ1n) is 5.35. The van der Waals surface area contributed by atoms with E-state index < -0.39 is 5.97 Å². The van der Waals surface area contributed by atoms with Crippen LogP contribution in [0.4, 0.5) is 0 Å². The molecule has 15 heavy (non-hydrogen) atoms. The SMILES string of the molecule is O=C(O)CCCCCCCn1ccnn1. The summed E-state index contributed by atoms with van der Waals surface area (Å²) in [6, 6.07) is 0. The maximum absolute atomic E-state index is 10.2. The van der Waals surface area contributed by atoms with Crippen molar-refractivity contribution in [3.8, 4) is 0 Å². The summed E-state index contributed by atoms with van der Waals surface area (Å²) in [6.07, 6.45) is 8.92. The van der Waals surface area contributed by atoms with Crippen molar-refractivity contribution in [1.82, 2.24) is 15.0 Å². The average molecular weight is 211 g/mol. The molecule has 0 aliphatic heterocycles. The molecule has 0 radical (unpaired) electrons. The van der Waals surface area contributed by atoms with Gasteiger partial charge in [0.1, 0.15) is 0 Å². The number of unbranched alkanes of at least 4 members (excludes halogenated alkanes) is 4. The standard InChI is InChI=1S/C10H17N3O2/c14-10(15)6-4-2-1-3-5-8-13-9-7-11-12-13/h7,9H,1-6,8H2,(H,14,15). The Hall–Kier alpha value is -1.39. The Morgan fingerprint density at radius 3 is 2.60 bits per heavy atom. The number of nitrogens with zero attached hydrogens (tertiary/aromatic N) is 3. The number of aliphatic carboxylic acids is 1. The number of hydrogen-bond acceptors (Lipinski definition) is 3. The lowest BCUT2D eigenvalue weighted by molar-refractivity contribution is -0.137. The van der Waals surface area contributed by atoms with Crippen LogP contribution >= 0.6 is 0 Å². The van der Waals surface area contributed by atoms with Crippen molar-refractivity contribution in [1.29, 1.82) is 0 Å². The molecule has 0 saturated heterocycles. The first kappa shape index (κ1) is 11.7. The molecular formula is C10H17N3O2. The van der Waals surface area contributed by atoms with Gasteiger partial charge in [-0.15, -0.1) is 5.10 Å². The number of rotatable bonds is 8. The van der Waals surface area contributed by atoms with Crippen LogP contribution in [0, 0.1) is 0 Å². The van der Waals surface area contributed by atoms with Crippen LogP contribution in [-0.4, -0.2) is 26.1 Å². The van der Waals surface area contributed by atoms with E-state index in [9.17, 15) is 4.79 Å². The predicted octanol–water partition coefficient (Wildman–Crippen LogP) is 1.70. The van der Waals surface area contributed by atoms with Crippen molar-refractivity contribution in [3.05, 3.63) is 12.4 Å². The summed E-state index contributed by atoms with van der Waals surface area (Å²) in [5, 5.41) is 16.0. The molecule has 5 heteroatoms. The molecule has 0 amide bonds. The molecule has 0 aliphatic rings. The third kappa shape index (κ3) is 5.83. The van der Waals surface area contributed by atoms with Gasteiger partial charge in [0, 0.05) is 19.2 Å². The van der Waals surface area contributed by atoms with Gasteiger partial charge in [-0.3, -0.25) is 9.48 Å². The number of hydrogen-bond donors (Lipinski definition) is 1. The Balaban J connectivity index is 1.87. The van der Waals surface area contributed by atoms with Gasteiger partial charge < -0.3 is 5.11 Å². The van der Waals surface area contributed by atoms with E-state index in [0.29, 0.717) is 6.42 Å². The molecule has 1 heterocycles. The van der Waals surface area contributed by atoms with Crippen LogP contribution < -0.4 is 0 Å². The van der Waals surface area contributed by atoms with Gasteiger partial charge in [-0.05, 0) is 12.8 Å². The van der Waals surface area contributed by atoms with E-state index in [1.807, 2.05) is 10.9 Å². The van der Waals surface area contributed by atoms with Gasteiger partial charge in [-0.2, -0.15) is 0 Å². The lowest BCUT2D eigenvalue weighted by atomic mass is 10.1. The lowest BCUT2D eigenvalue weighted by Gasteiger charge is -2.00. The fraction of sp³-hybridized carbons (Fsp3) is 0.700. The summed E-state index contributed by atoms with van der Waals surface area (Å²) >= 11 is 0. The third-order valence-corrected chi connectivity index (χ3v) is 2.25. The van der Waals surface area contributed by atoms with Crippen LogP contribution in [0.2, 0.25) is 0 Å². The lowest BCUT2D eigenvalue weighted by Crippen LogP contribution is -1.99. The molecular weight excluding hydrogens is 194 g/mol. The van der Waals surface area contributed by atoms with Crippen LogP contribution in [0.5, 0.6) is 0 Å². The largest absolute Gasteiger partial charge is 0.481 e. The Labute approximate surface area is 89.1 Å². The van der Waals surface area contributed by atoms with Gasteiger partial charge in [0.2, 0.25) is 0 Å². The highest BCUT2D eigenvalue weighted by molar-refractivity contribution is 5.66. The van der Waals surface area contributed by atoms with E-state index in [-0.39, 0.29) is 0 Å². The predicted molar refractivity (Wildman–Crippen MR) is 55.4 cm³/mol. The summed E-state index contributed by atoms with van der Waals surface area (Å²) in [5.74, 6) is -0.697. The zero-order valence-electron chi connectivity index (χ0n) is 8.80. The highest BCUT2D eigenvalue weighted by Gasteiger charge is 1.96. The Bertz CT molecular complexity index is 272. The van der Waals surface area contributed by atoms with Gasteiger partial charge >= 0.3 is 5.97 Å². The van der Waals surface area contributed by atoms with Crippen LogP contribution in [-0.2, 0) is 11.3 Å². The minimum absolute atomic E-state index is 0.295. The number of carboxylic acids is 1. The second-order valence-electron chi connectivity index (χ2n) is 3.58. The van der Waals surface area contributed by atoms with Crippen molar-refractivity contribution in [2.24, 2.45) is 0 Å². The molecule has 0 saturated carbocycles. The molecule has 5 nitrogen and oxygen atoms in total. The van der Waals surface area contributed by atoms with E-state index in [4.69, 9.17) is 5.11 Å². The van der Waals surface area contributed by atoms with Gasteiger partial charge in [0.05, 0.1) is 6.20 Å². The van der Waals surface area contributed by atoms with Crippen molar-refractivity contribution in [2.45, 2.75) is 45.1 Å². The van der Waals surface area contributed by atoms with E-state index in [1.54, 1.807) is 6.20 Å². The number of carboxylic acid groups (broad SMARTS) is 1. The molecule has 1 N–H and O–H groups in total. The minimum atomic E-state index is -0.697. The van der Waals surface area contributed by atoms with Crippen LogP contribution in [0.1, 0.15) is 38.5 Å². The van der Waals surface area contributed by atoms with Gasteiger partial charge in [0.15, 0.2) is 0 Å². The molecule has 1 rings (SSSR count). The second-order valence-corrected chi connectivity index (χ2v) is 3.58. The highest BCUT2D eigenvalue weighted by atomic mass is 16.4. The van der Waals surface area contributed by atoms with Crippen molar-refractivity contribution in [3.63, 3.8) is 0 Å². The quantitative estimate of drug-likeness (QED) is 0.664. The molecule has 0 spiro atoms. The molecule has 1 aromatic rings. The topological polar surface area (TPSA) is 68.0 Å². The van der Waals surface area contributed by atoms with Gasteiger partial charge in [-0.1, -0.05) is 24.5 Å². The van der Waals surface area contributed by atoms with Crippen molar-refractivity contribution >= 4 is 5.97 Å². The normalized spacial score (nSPS) is 10.4. The summed E-state index contributed by atoms with van der Waals surface area (Å²) in [6.45, 7) is 0.902. The van der Waals surface area contributed by atoms with Crippen LogP contribution in [0.15, 0.2) is 12.4 Å². The molecule has 84 valence electrons. The minimum Gasteiger partial charge on any atom is -0.481 e. The fourth-order valence-corrected chi connectivity index (χ4v) is 1.43. The fourth-order valence-electron chi connectivity index (χ4n) is 1.43. The average Bonchev–Trinajstić information content (AvgIpc) is 2.68. The summed E-state index contributed by atoms with van der Waals surface area (Å²) in [5.41, 5.74) is 0. The first-order chi connectivity index (χ1) is 7.29. The molecule has 0 bridgehead atoms. The van der Waals surface area contributed by atoms with Crippen molar-refractivity contribution in [2.75, 3.05) is 0 Å². The zero-order valence-corrected chi connectivity index (χ0v) is 8.80. The van der Waals surface area contributed by atoms with Crippen molar-refractivity contribution < 1.29 is 9.90 Å². The maximum Gasteiger partial charge on any atom is 0.303 e. The molecule has 0 aliphatic carbocycles. The molecule has 0 aromatic carbocycles.